The molecule has 0 aromatic carbocycles. The van der Waals surface area contributed by atoms with Crippen molar-refractivity contribution in [3.63, 3.8) is 0 Å². The number of hydrogen-bond acceptors (Lipinski definition) is 5. The quantitative estimate of drug-likeness (QED) is 0.892. The first-order chi connectivity index (χ1) is 9.69. The third kappa shape index (κ3) is 3.74. The lowest BCUT2D eigenvalue weighted by Crippen LogP contribution is -2.24. The molecule has 2 aromatic heterocycles. The summed E-state index contributed by atoms with van der Waals surface area (Å²) in [6, 6.07) is 3.62. The summed E-state index contributed by atoms with van der Waals surface area (Å²) in [6.07, 6.45) is 4.70. The summed E-state index contributed by atoms with van der Waals surface area (Å²) in [5.41, 5.74) is 1.93. The van der Waals surface area contributed by atoms with E-state index in [4.69, 9.17) is 4.74 Å². The van der Waals surface area contributed by atoms with Gasteiger partial charge in [-0.25, -0.2) is 9.97 Å². The molecule has 1 N–H and O–H groups in total. The fourth-order valence-electron chi connectivity index (χ4n) is 1.63. The average molecular weight is 272 g/mol. The largest absolute Gasteiger partial charge is 0.478 e. The summed E-state index contributed by atoms with van der Waals surface area (Å²) in [6.45, 7) is 4.63. The van der Waals surface area contributed by atoms with Crippen molar-refractivity contribution in [1.29, 1.82) is 0 Å². The van der Waals surface area contributed by atoms with Crippen molar-refractivity contribution >= 4 is 5.91 Å². The predicted octanol–water partition coefficient (Wildman–Crippen LogP) is 1.51. The molecule has 0 radical (unpaired) electrons. The van der Waals surface area contributed by atoms with Crippen molar-refractivity contribution in [3.8, 4) is 5.88 Å². The Labute approximate surface area is 117 Å². The maximum absolute atomic E-state index is 11.9. The van der Waals surface area contributed by atoms with Gasteiger partial charge in [0.15, 0.2) is 0 Å². The van der Waals surface area contributed by atoms with E-state index in [-0.39, 0.29) is 5.91 Å². The number of ether oxygens (including phenoxy) is 1. The standard InChI is InChI=1S/C14H16N4O2/c1-3-20-13-6-11(4-5-16-13)8-17-14(19)12-9-15-7-10(2)18-12/h4-7,9H,3,8H2,1-2H3,(H,17,19). The molecule has 0 atom stereocenters. The van der Waals surface area contributed by atoms with E-state index in [9.17, 15) is 4.79 Å². The maximum Gasteiger partial charge on any atom is 0.271 e. The minimum atomic E-state index is -0.254. The van der Waals surface area contributed by atoms with Crippen molar-refractivity contribution in [2.45, 2.75) is 20.4 Å². The Bertz CT molecular complexity index is 601. The molecule has 2 rings (SSSR count). The van der Waals surface area contributed by atoms with Gasteiger partial charge in [-0.3, -0.25) is 9.78 Å². The van der Waals surface area contributed by atoms with Crippen LogP contribution in [0.4, 0.5) is 0 Å². The van der Waals surface area contributed by atoms with Crippen LogP contribution in [0.15, 0.2) is 30.7 Å². The molecule has 20 heavy (non-hydrogen) atoms. The molecule has 0 spiro atoms. The average Bonchev–Trinajstić information content (AvgIpc) is 2.45. The lowest BCUT2D eigenvalue weighted by molar-refractivity contribution is 0.0945. The molecule has 6 nitrogen and oxygen atoms in total. The second-order valence-electron chi connectivity index (χ2n) is 4.16. The van der Waals surface area contributed by atoms with Crippen molar-refractivity contribution in [3.05, 3.63) is 47.7 Å². The Kier molecular flexibility index (Phi) is 4.60. The van der Waals surface area contributed by atoms with Crippen molar-refractivity contribution < 1.29 is 9.53 Å². The number of amides is 1. The van der Waals surface area contributed by atoms with E-state index >= 15 is 0 Å². The summed E-state index contributed by atoms with van der Waals surface area (Å²) in [5, 5.41) is 2.79. The van der Waals surface area contributed by atoms with Gasteiger partial charge >= 0.3 is 0 Å². The van der Waals surface area contributed by atoms with Crippen LogP contribution in [0.5, 0.6) is 5.88 Å². The number of carbonyl (C=O) groups is 1. The second-order valence-corrected chi connectivity index (χ2v) is 4.16. The van der Waals surface area contributed by atoms with E-state index in [1.54, 1.807) is 25.4 Å². The SMILES string of the molecule is CCOc1cc(CNC(=O)c2cncc(C)n2)ccn1. The molecule has 2 heterocycles. The van der Waals surface area contributed by atoms with Crippen LogP contribution in [0.1, 0.15) is 28.7 Å². The molecular formula is C14H16N4O2. The number of rotatable bonds is 5. The highest BCUT2D eigenvalue weighted by Crippen LogP contribution is 2.09. The number of hydrogen-bond donors (Lipinski definition) is 1. The van der Waals surface area contributed by atoms with E-state index in [0.29, 0.717) is 30.4 Å². The zero-order valence-electron chi connectivity index (χ0n) is 11.5. The van der Waals surface area contributed by atoms with E-state index in [1.807, 2.05) is 13.0 Å². The van der Waals surface area contributed by atoms with Gasteiger partial charge < -0.3 is 10.1 Å². The lowest BCUT2D eigenvalue weighted by Gasteiger charge is -2.07. The van der Waals surface area contributed by atoms with Crippen LogP contribution in [-0.4, -0.2) is 27.5 Å². The molecule has 1 amide bonds. The maximum atomic E-state index is 11.9. The minimum Gasteiger partial charge on any atom is -0.478 e. The van der Waals surface area contributed by atoms with Gasteiger partial charge in [-0.2, -0.15) is 0 Å². The summed E-state index contributed by atoms with van der Waals surface area (Å²) in [5.74, 6) is 0.297. The Morgan fingerprint density at radius 1 is 1.40 bits per heavy atom. The monoisotopic (exact) mass is 272 g/mol. The highest BCUT2D eigenvalue weighted by Gasteiger charge is 2.07. The first-order valence-electron chi connectivity index (χ1n) is 6.33. The Morgan fingerprint density at radius 2 is 2.25 bits per heavy atom. The van der Waals surface area contributed by atoms with Gasteiger partial charge in [0.05, 0.1) is 18.5 Å². The van der Waals surface area contributed by atoms with Crippen LogP contribution < -0.4 is 10.1 Å². The molecule has 0 unspecified atom stereocenters. The van der Waals surface area contributed by atoms with Crippen LogP contribution in [0.3, 0.4) is 0 Å². The third-order valence-corrected chi connectivity index (χ3v) is 2.53. The van der Waals surface area contributed by atoms with E-state index in [0.717, 1.165) is 5.56 Å². The second kappa shape index (κ2) is 6.60. The molecule has 0 aliphatic heterocycles. The van der Waals surface area contributed by atoms with Crippen molar-refractivity contribution in [2.75, 3.05) is 6.61 Å². The van der Waals surface area contributed by atoms with Crippen LogP contribution in [0.25, 0.3) is 0 Å². The molecule has 0 aliphatic carbocycles. The van der Waals surface area contributed by atoms with Crippen molar-refractivity contribution in [1.82, 2.24) is 20.3 Å². The van der Waals surface area contributed by atoms with Gasteiger partial charge in [0.25, 0.3) is 5.91 Å². The smallest absolute Gasteiger partial charge is 0.271 e. The van der Waals surface area contributed by atoms with Crippen LogP contribution in [0, 0.1) is 6.92 Å². The van der Waals surface area contributed by atoms with E-state index in [2.05, 4.69) is 20.3 Å². The van der Waals surface area contributed by atoms with E-state index in [1.165, 1.54) is 6.20 Å². The Morgan fingerprint density at radius 3 is 3.00 bits per heavy atom. The molecule has 0 fully saturated rings. The number of nitrogens with zero attached hydrogens (tertiary/aromatic N) is 3. The molecule has 6 heteroatoms. The fourth-order valence-corrected chi connectivity index (χ4v) is 1.63. The number of carbonyl (C=O) groups excluding carboxylic acids is 1. The zero-order chi connectivity index (χ0) is 14.4. The van der Waals surface area contributed by atoms with Crippen LogP contribution >= 0.6 is 0 Å². The van der Waals surface area contributed by atoms with Crippen LogP contribution in [-0.2, 0) is 6.54 Å². The number of aromatic nitrogens is 3. The molecule has 0 aliphatic rings. The molecule has 2 aromatic rings. The molecule has 0 saturated heterocycles. The summed E-state index contributed by atoms with van der Waals surface area (Å²) in [4.78, 5) is 24.1. The van der Waals surface area contributed by atoms with Gasteiger partial charge in [0, 0.05) is 25.0 Å². The lowest BCUT2D eigenvalue weighted by atomic mass is 10.2. The fraction of sp³-hybridized carbons (Fsp3) is 0.286. The van der Waals surface area contributed by atoms with Crippen molar-refractivity contribution in [2.24, 2.45) is 0 Å². The summed E-state index contributed by atoms with van der Waals surface area (Å²) >= 11 is 0. The van der Waals surface area contributed by atoms with Gasteiger partial charge in [-0.05, 0) is 25.5 Å². The molecule has 0 saturated carbocycles. The normalized spacial score (nSPS) is 10.1. The first-order valence-corrected chi connectivity index (χ1v) is 6.33. The van der Waals surface area contributed by atoms with Crippen LogP contribution in [0.2, 0.25) is 0 Å². The van der Waals surface area contributed by atoms with Gasteiger partial charge in [0.1, 0.15) is 5.69 Å². The van der Waals surface area contributed by atoms with E-state index < -0.39 is 0 Å². The summed E-state index contributed by atoms with van der Waals surface area (Å²) < 4.78 is 5.31. The van der Waals surface area contributed by atoms with Gasteiger partial charge in [-0.1, -0.05) is 0 Å². The molecule has 0 bridgehead atoms. The highest BCUT2D eigenvalue weighted by atomic mass is 16.5. The van der Waals surface area contributed by atoms with Gasteiger partial charge in [-0.15, -0.1) is 0 Å². The molecule has 104 valence electrons. The summed E-state index contributed by atoms with van der Waals surface area (Å²) in [7, 11) is 0. The number of aryl methyl sites for hydroxylation is 1. The van der Waals surface area contributed by atoms with Gasteiger partial charge in [0.2, 0.25) is 5.88 Å². The third-order valence-electron chi connectivity index (χ3n) is 2.53. The molecular weight excluding hydrogens is 256 g/mol. The zero-order valence-corrected chi connectivity index (χ0v) is 11.5. The predicted molar refractivity (Wildman–Crippen MR) is 73.3 cm³/mol. The topological polar surface area (TPSA) is 77.0 Å². The Hall–Kier alpha value is -2.50. The highest BCUT2D eigenvalue weighted by molar-refractivity contribution is 5.91. The Balaban J connectivity index is 1.98. The first kappa shape index (κ1) is 13.9. The number of nitrogens with one attached hydrogen (secondary N) is 1. The minimum absolute atomic E-state index is 0.254. The number of pyridine rings is 1.